The van der Waals surface area contributed by atoms with Crippen LogP contribution >= 0.6 is 11.3 Å². The van der Waals surface area contributed by atoms with Gasteiger partial charge in [-0.25, -0.2) is 4.98 Å². The zero-order chi connectivity index (χ0) is 16.7. The molecule has 2 heterocycles. The van der Waals surface area contributed by atoms with E-state index in [9.17, 15) is 4.79 Å². The third-order valence-corrected chi connectivity index (χ3v) is 4.95. The molecule has 0 bridgehead atoms. The van der Waals surface area contributed by atoms with E-state index in [4.69, 9.17) is 0 Å². The number of hydrogen-bond acceptors (Lipinski definition) is 4. The molecule has 0 spiro atoms. The van der Waals surface area contributed by atoms with Crippen molar-refractivity contribution in [2.45, 2.75) is 20.0 Å². The normalized spacial score (nSPS) is 16.7. The number of fused-ring (bicyclic) bond motifs is 1. The highest BCUT2D eigenvalue weighted by Crippen LogP contribution is 2.36. The van der Waals surface area contributed by atoms with Crippen molar-refractivity contribution in [3.8, 4) is 0 Å². The lowest BCUT2D eigenvalue weighted by molar-refractivity contribution is 0.0974. The van der Waals surface area contributed by atoms with Crippen molar-refractivity contribution in [3.05, 3.63) is 75.7 Å². The quantitative estimate of drug-likeness (QED) is 0.748. The van der Waals surface area contributed by atoms with Crippen LogP contribution in [0, 0.1) is 13.8 Å². The Morgan fingerprint density at radius 3 is 2.54 bits per heavy atom. The van der Waals surface area contributed by atoms with Crippen LogP contribution in [0.4, 0.5) is 11.4 Å². The van der Waals surface area contributed by atoms with Gasteiger partial charge in [0, 0.05) is 16.8 Å². The van der Waals surface area contributed by atoms with Crippen molar-refractivity contribution in [1.29, 1.82) is 0 Å². The number of nitrogens with one attached hydrogen (secondary N) is 1. The number of rotatable bonds is 2. The molecule has 0 radical (unpaired) electrons. The van der Waals surface area contributed by atoms with Crippen molar-refractivity contribution >= 4 is 28.6 Å². The first-order valence-corrected chi connectivity index (χ1v) is 8.69. The van der Waals surface area contributed by atoms with Crippen LogP contribution in [0.1, 0.15) is 32.8 Å². The highest BCUT2D eigenvalue weighted by atomic mass is 32.1. The highest BCUT2D eigenvalue weighted by Gasteiger charge is 2.35. The van der Waals surface area contributed by atoms with Crippen LogP contribution in [0.15, 0.2) is 53.9 Å². The van der Waals surface area contributed by atoms with Crippen molar-refractivity contribution in [2.24, 2.45) is 0 Å². The molecule has 1 atom stereocenters. The number of benzene rings is 2. The Morgan fingerprint density at radius 1 is 1.08 bits per heavy atom. The summed E-state index contributed by atoms with van der Waals surface area (Å²) in [6.07, 6.45) is -0.306. The van der Waals surface area contributed by atoms with Gasteiger partial charge in [0.1, 0.15) is 0 Å². The van der Waals surface area contributed by atoms with Crippen LogP contribution in [-0.4, -0.2) is 10.9 Å². The molecule has 120 valence electrons. The van der Waals surface area contributed by atoms with Gasteiger partial charge < -0.3 is 5.32 Å². The van der Waals surface area contributed by atoms with Crippen LogP contribution < -0.4 is 10.2 Å². The number of aryl methyl sites for hydroxylation is 2. The van der Waals surface area contributed by atoms with E-state index in [1.54, 1.807) is 16.2 Å². The number of amides is 1. The minimum atomic E-state index is -0.306. The Labute approximate surface area is 144 Å². The maximum absolute atomic E-state index is 13.2. The van der Waals surface area contributed by atoms with Gasteiger partial charge in [-0.1, -0.05) is 29.8 Å². The topological polar surface area (TPSA) is 45.2 Å². The van der Waals surface area contributed by atoms with Gasteiger partial charge in [-0.05, 0) is 38.1 Å². The minimum absolute atomic E-state index is 0.0103. The second-order valence-corrected chi connectivity index (χ2v) is 6.96. The number of carbonyl (C=O) groups excluding carboxylic acids is 1. The summed E-state index contributed by atoms with van der Waals surface area (Å²) in [6, 6.07) is 15.6. The Kier molecular flexibility index (Phi) is 3.58. The van der Waals surface area contributed by atoms with Crippen LogP contribution in [0.25, 0.3) is 0 Å². The number of anilines is 2. The van der Waals surface area contributed by atoms with Gasteiger partial charge in [-0.2, -0.15) is 0 Å². The van der Waals surface area contributed by atoms with Gasteiger partial charge in [-0.3, -0.25) is 9.69 Å². The summed E-state index contributed by atoms with van der Waals surface area (Å²) in [5.74, 6) is -0.0103. The number of carbonyl (C=O) groups is 1. The third-order valence-electron chi connectivity index (χ3n) is 4.16. The SMILES string of the molecule is Cc1ccc(N2C(=O)c3ccccc3N[C@@H]2c2csc(C)n2)cc1. The number of para-hydroxylation sites is 1. The Morgan fingerprint density at radius 2 is 1.83 bits per heavy atom. The van der Waals surface area contributed by atoms with Crippen LogP contribution in [0.2, 0.25) is 0 Å². The summed E-state index contributed by atoms with van der Waals surface area (Å²) in [5.41, 5.74) is 4.42. The second-order valence-electron chi connectivity index (χ2n) is 5.89. The van der Waals surface area contributed by atoms with E-state index in [0.717, 1.165) is 27.6 Å². The predicted octanol–water partition coefficient (Wildman–Crippen LogP) is 4.53. The van der Waals surface area contributed by atoms with Gasteiger partial charge in [0.2, 0.25) is 0 Å². The molecule has 0 saturated carbocycles. The summed E-state index contributed by atoms with van der Waals surface area (Å²) < 4.78 is 0. The van der Waals surface area contributed by atoms with Gasteiger partial charge >= 0.3 is 0 Å². The lowest BCUT2D eigenvalue weighted by Crippen LogP contribution is -2.43. The van der Waals surface area contributed by atoms with Gasteiger partial charge in [0.15, 0.2) is 6.17 Å². The van der Waals surface area contributed by atoms with E-state index in [2.05, 4.69) is 10.3 Å². The minimum Gasteiger partial charge on any atom is -0.359 e. The molecule has 4 rings (SSSR count). The van der Waals surface area contributed by atoms with E-state index < -0.39 is 0 Å². The average molecular weight is 335 g/mol. The average Bonchev–Trinajstić information content (AvgIpc) is 3.02. The highest BCUT2D eigenvalue weighted by molar-refractivity contribution is 7.09. The molecule has 1 aliphatic heterocycles. The van der Waals surface area contributed by atoms with Crippen molar-refractivity contribution in [1.82, 2.24) is 4.98 Å². The molecule has 0 saturated heterocycles. The van der Waals surface area contributed by atoms with E-state index in [-0.39, 0.29) is 12.1 Å². The molecule has 3 aromatic rings. The molecule has 0 unspecified atom stereocenters. The first kappa shape index (κ1) is 14.9. The van der Waals surface area contributed by atoms with Gasteiger partial charge in [0.25, 0.3) is 5.91 Å². The molecule has 1 aliphatic rings. The molecular formula is C19H17N3OS. The monoisotopic (exact) mass is 335 g/mol. The summed E-state index contributed by atoms with van der Waals surface area (Å²) in [5, 5.41) is 6.47. The molecule has 24 heavy (non-hydrogen) atoms. The zero-order valence-electron chi connectivity index (χ0n) is 13.5. The van der Waals surface area contributed by atoms with E-state index in [0.29, 0.717) is 5.56 Å². The maximum Gasteiger partial charge on any atom is 0.262 e. The van der Waals surface area contributed by atoms with Crippen LogP contribution in [0.3, 0.4) is 0 Å². The van der Waals surface area contributed by atoms with Crippen LogP contribution in [-0.2, 0) is 0 Å². The molecule has 0 fully saturated rings. The van der Waals surface area contributed by atoms with Gasteiger partial charge in [-0.15, -0.1) is 11.3 Å². The largest absolute Gasteiger partial charge is 0.359 e. The number of hydrogen-bond donors (Lipinski definition) is 1. The van der Waals surface area contributed by atoms with Crippen LogP contribution in [0.5, 0.6) is 0 Å². The molecule has 2 aromatic carbocycles. The fourth-order valence-electron chi connectivity index (χ4n) is 2.94. The van der Waals surface area contributed by atoms with Crippen molar-refractivity contribution < 1.29 is 4.79 Å². The molecule has 1 aromatic heterocycles. The zero-order valence-corrected chi connectivity index (χ0v) is 14.3. The number of aromatic nitrogens is 1. The maximum atomic E-state index is 13.2. The molecular weight excluding hydrogens is 318 g/mol. The predicted molar refractivity (Wildman–Crippen MR) is 97.6 cm³/mol. The Bertz CT molecular complexity index is 901. The van der Waals surface area contributed by atoms with Gasteiger partial charge in [0.05, 0.1) is 16.3 Å². The summed E-state index contributed by atoms with van der Waals surface area (Å²) in [7, 11) is 0. The van der Waals surface area contributed by atoms with E-state index in [1.165, 1.54) is 0 Å². The molecule has 1 amide bonds. The number of thiazole rings is 1. The Balaban J connectivity index is 1.85. The fraction of sp³-hybridized carbons (Fsp3) is 0.158. The van der Waals surface area contributed by atoms with Crippen molar-refractivity contribution in [2.75, 3.05) is 10.2 Å². The number of nitrogens with zero attached hydrogens (tertiary/aromatic N) is 2. The van der Waals surface area contributed by atoms with Crippen molar-refractivity contribution in [3.63, 3.8) is 0 Å². The summed E-state index contributed by atoms with van der Waals surface area (Å²) in [4.78, 5) is 19.5. The first-order chi connectivity index (χ1) is 11.6. The summed E-state index contributed by atoms with van der Waals surface area (Å²) in [6.45, 7) is 4.01. The molecule has 0 aliphatic carbocycles. The molecule has 5 heteroatoms. The molecule has 1 N–H and O–H groups in total. The second kappa shape index (κ2) is 5.76. The van der Waals surface area contributed by atoms with E-state index in [1.807, 2.05) is 67.8 Å². The Hall–Kier alpha value is -2.66. The summed E-state index contributed by atoms with van der Waals surface area (Å²) >= 11 is 1.59. The third kappa shape index (κ3) is 2.47. The smallest absolute Gasteiger partial charge is 0.262 e. The fourth-order valence-corrected chi connectivity index (χ4v) is 3.57. The standard InChI is InChI=1S/C19H17N3OS/c1-12-7-9-14(10-8-12)22-18(17-11-24-13(2)20-17)21-16-6-4-3-5-15(16)19(22)23/h3-11,18,21H,1-2H3/t18-/m0/s1. The lowest BCUT2D eigenvalue weighted by Gasteiger charge is -2.37. The first-order valence-electron chi connectivity index (χ1n) is 7.81. The van der Waals surface area contributed by atoms with E-state index >= 15 is 0 Å². The lowest BCUT2D eigenvalue weighted by atomic mass is 10.1. The molecule has 4 nitrogen and oxygen atoms in total.